The second-order valence-electron chi connectivity index (χ2n) is 4.60. The minimum Gasteiger partial charge on any atom is -0.480 e. The SMILES string of the molecule is CSc1ccccc1-c1nc2ccccc2n1CC(=O)O. The number of nitrogens with zero attached hydrogens (tertiary/aromatic N) is 2. The van der Waals surface area contributed by atoms with Gasteiger partial charge in [-0.15, -0.1) is 11.8 Å². The maximum atomic E-state index is 11.2. The van der Waals surface area contributed by atoms with Crippen LogP contribution in [0.2, 0.25) is 0 Å². The van der Waals surface area contributed by atoms with Gasteiger partial charge in [0.05, 0.1) is 11.0 Å². The predicted molar refractivity (Wildman–Crippen MR) is 84.6 cm³/mol. The van der Waals surface area contributed by atoms with Gasteiger partial charge >= 0.3 is 5.97 Å². The van der Waals surface area contributed by atoms with Crippen molar-refractivity contribution in [1.29, 1.82) is 0 Å². The van der Waals surface area contributed by atoms with Crippen LogP contribution >= 0.6 is 11.8 Å². The molecule has 0 bridgehead atoms. The van der Waals surface area contributed by atoms with Crippen molar-refractivity contribution in [1.82, 2.24) is 9.55 Å². The zero-order valence-electron chi connectivity index (χ0n) is 11.5. The fraction of sp³-hybridized carbons (Fsp3) is 0.125. The van der Waals surface area contributed by atoms with Crippen molar-refractivity contribution in [2.75, 3.05) is 6.26 Å². The highest BCUT2D eigenvalue weighted by molar-refractivity contribution is 7.98. The Bertz CT molecular complexity index is 811. The normalized spacial score (nSPS) is 10.9. The first kappa shape index (κ1) is 13.7. The summed E-state index contributed by atoms with van der Waals surface area (Å²) >= 11 is 1.63. The average Bonchev–Trinajstić information content (AvgIpc) is 2.85. The van der Waals surface area contributed by atoms with E-state index in [1.54, 1.807) is 16.3 Å². The molecule has 2 aromatic carbocycles. The Hall–Kier alpha value is -2.27. The number of para-hydroxylation sites is 2. The van der Waals surface area contributed by atoms with Crippen LogP contribution in [0.5, 0.6) is 0 Å². The van der Waals surface area contributed by atoms with Gasteiger partial charge in [0.1, 0.15) is 12.4 Å². The van der Waals surface area contributed by atoms with Crippen molar-refractivity contribution < 1.29 is 9.90 Å². The highest BCUT2D eigenvalue weighted by Gasteiger charge is 2.16. The number of fused-ring (bicyclic) bond motifs is 1. The van der Waals surface area contributed by atoms with Gasteiger partial charge in [0, 0.05) is 10.5 Å². The third kappa shape index (κ3) is 2.52. The predicted octanol–water partition coefficient (Wildman–Crippen LogP) is 3.51. The van der Waals surface area contributed by atoms with Crippen LogP contribution in [0.25, 0.3) is 22.4 Å². The van der Waals surface area contributed by atoms with Gasteiger partial charge in [0.2, 0.25) is 0 Å². The van der Waals surface area contributed by atoms with Crippen molar-refractivity contribution in [3.8, 4) is 11.4 Å². The van der Waals surface area contributed by atoms with E-state index >= 15 is 0 Å². The molecular formula is C16H14N2O2S. The van der Waals surface area contributed by atoms with Crippen molar-refractivity contribution >= 4 is 28.8 Å². The number of carboxylic acid groups (broad SMARTS) is 1. The molecule has 3 aromatic rings. The van der Waals surface area contributed by atoms with E-state index in [1.807, 2.05) is 54.8 Å². The van der Waals surface area contributed by atoms with E-state index in [-0.39, 0.29) is 6.54 Å². The summed E-state index contributed by atoms with van der Waals surface area (Å²) in [5.74, 6) is -0.176. The highest BCUT2D eigenvalue weighted by atomic mass is 32.2. The largest absolute Gasteiger partial charge is 0.480 e. The highest BCUT2D eigenvalue weighted by Crippen LogP contribution is 2.31. The van der Waals surface area contributed by atoms with Crippen LogP contribution in [0.15, 0.2) is 53.4 Å². The van der Waals surface area contributed by atoms with Crippen LogP contribution in [0.1, 0.15) is 0 Å². The van der Waals surface area contributed by atoms with Gasteiger partial charge in [0.15, 0.2) is 0 Å². The summed E-state index contributed by atoms with van der Waals surface area (Å²) in [5.41, 5.74) is 2.61. The standard InChI is InChI=1S/C16H14N2O2S/c1-21-14-9-5-2-6-11(14)16-17-12-7-3-4-8-13(12)18(16)10-15(19)20/h2-9H,10H2,1H3,(H,19,20). The summed E-state index contributed by atoms with van der Waals surface area (Å²) in [6, 6.07) is 15.5. The molecule has 0 radical (unpaired) electrons. The molecule has 0 unspecified atom stereocenters. The van der Waals surface area contributed by atoms with E-state index in [0.717, 1.165) is 21.5 Å². The van der Waals surface area contributed by atoms with Gasteiger partial charge in [-0.25, -0.2) is 4.98 Å². The first-order valence-corrected chi connectivity index (χ1v) is 7.73. The fourth-order valence-corrected chi connectivity index (χ4v) is 3.00. The van der Waals surface area contributed by atoms with Gasteiger partial charge in [-0.05, 0) is 24.5 Å². The Labute approximate surface area is 126 Å². The Balaban J connectivity index is 2.28. The van der Waals surface area contributed by atoms with Gasteiger partial charge in [0.25, 0.3) is 0 Å². The lowest BCUT2D eigenvalue weighted by Gasteiger charge is -2.09. The lowest BCUT2D eigenvalue weighted by molar-refractivity contribution is -0.137. The Morgan fingerprint density at radius 1 is 1.19 bits per heavy atom. The summed E-state index contributed by atoms with van der Waals surface area (Å²) in [6.07, 6.45) is 2.00. The number of hydrogen-bond donors (Lipinski definition) is 1. The number of thioether (sulfide) groups is 1. The van der Waals surface area contributed by atoms with Crippen molar-refractivity contribution in [3.05, 3.63) is 48.5 Å². The van der Waals surface area contributed by atoms with Crippen LogP contribution in [0.4, 0.5) is 0 Å². The minimum atomic E-state index is -0.874. The number of hydrogen-bond acceptors (Lipinski definition) is 3. The molecule has 21 heavy (non-hydrogen) atoms. The van der Waals surface area contributed by atoms with E-state index in [0.29, 0.717) is 5.82 Å². The number of imidazole rings is 1. The van der Waals surface area contributed by atoms with E-state index in [2.05, 4.69) is 4.98 Å². The lowest BCUT2D eigenvalue weighted by atomic mass is 10.2. The van der Waals surface area contributed by atoms with E-state index in [4.69, 9.17) is 0 Å². The molecule has 3 rings (SSSR count). The number of benzene rings is 2. The molecule has 4 nitrogen and oxygen atoms in total. The van der Waals surface area contributed by atoms with Gasteiger partial charge in [-0.3, -0.25) is 4.79 Å². The van der Waals surface area contributed by atoms with Crippen LogP contribution in [-0.4, -0.2) is 26.9 Å². The summed E-state index contributed by atoms with van der Waals surface area (Å²) in [5, 5.41) is 9.19. The molecule has 5 heteroatoms. The summed E-state index contributed by atoms with van der Waals surface area (Å²) in [6.45, 7) is -0.0986. The first-order valence-electron chi connectivity index (χ1n) is 6.51. The average molecular weight is 298 g/mol. The second kappa shape index (κ2) is 5.61. The third-order valence-corrected chi connectivity index (χ3v) is 4.09. The smallest absolute Gasteiger partial charge is 0.323 e. The molecule has 0 aliphatic carbocycles. The zero-order valence-corrected chi connectivity index (χ0v) is 12.3. The fourth-order valence-electron chi connectivity index (χ4n) is 2.41. The number of carbonyl (C=O) groups is 1. The van der Waals surface area contributed by atoms with E-state index in [9.17, 15) is 9.90 Å². The Kier molecular flexibility index (Phi) is 3.66. The quantitative estimate of drug-likeness (QED) is 0.749. The molecule has 106 valence electrons. The molecule has 0 aliphatic heterocycles. The molecule has 0 atom stereocenters. The maximum Gasteiger partial charge on any atom is 0.323 e. The van der Waals surface area contributed by atoms with Gasteiger partial charge in [-0.2, -0.15) is 0 Å². The first-order chi connectivity index (χ1) is 10.2. The maximum absolute atomic E-state index is 11.2. The molecular weight excluding hydrogens is 284 g/mol. The minimum absolute atomic E-state index is 0.0986. The van der Waals surface area contributed by atoms with Crippen molar-refractivity contribution in [3.63, 3.8) is 0 Å². The van der Waals surface area contributed by atoms with Crippen molar-refractivity contribution in [2.24, 2.45) is 0 Å². The third-order valence-electron chi connectivity index (χ3n) is 3.30. The second-order valence-corrected chi connectivity index (χ2v) is 5.45. The number of aliphatic carboxylic acids is 1. The lowest BCUT2D eigenvalue weighted by Crippen LogP contribution is -2.10. The molecule has 1 aromatic heterocycles. The van der Waals surface area contributed by atoms with E-state index < -0.39 is 5.97 Å². The number of carboxylic acids is 1. The number of aromatic nitrogens is 2. The topological polar surface area (TPSA) is 55.1 Å². The molecule has 0 saturated carbocycles. The van der Waals surface area contributed by atoms with E-state index in [1.165, 1.54) is 0 Å². The molecule has 0 fully saturated rings. The van der Waals surface area contributed by atoms with Crippen LogP contribution in [0.3, 0.4) is 0 Å². The van der Waals surface area contributed by atoms with Crippen LogP contribution in [0, 0.1) is 0 Å². The van der Waals surface area contributed by atoms with Gasteiger partial charge < -0.3 is 9.67 Å². The van der Waals surface area contributed by atoms with Crippen molar-refractivity contribution in [2.45, 2.75) is 11.4 Å². The molecule has 0 saturated heterocycles. The van der Waals surface area contributed by atoms with Crippen LogP contribution in [-0.2, 0) is 11.3 Å². The Morgan fingerprint density at radius 3 is 2.67 bits per heavy atom. The zero-order chi connectivity index (χ0) is 14.8. The molecule has 1 heterocycles. The van der Waals surface area contributed by atoms with Gasteiger partial charge in [-0.1, -0.05) is 30.3 Å². The monoisotopic (exact) mass is 298 g/mol. The summed E-state index contributed by atoms with van der Waals surface area (Å²) < 4.78 is 1.76. The van der Waals surface area contributed by atoms with Crippen LogP contribution < -0.4 is 0 Å². The number of rotatable bonds is 4. The molecule has 0 amide bonds. The molecule has 0 spiro atoms. The molecule has 0 aliphatic rings. The summed E-state index contributed by atoms with van der Waals surface area (Å²) in [7, 11) is 0. The Morgan fingerprint density at radius 2 is 1.90 bits per heavy atom. The molecule has 1 N–H and O–H groups in total. The summed E-state index contributed by atoms with van der Waals surface area (Å²) in [4.78, 5) is 16.9.